The van der Waals surface area contributed by atoms with Gasteiger partial charge >= 0.3 is 0 Å². The average Bonchev–Trinajstić information content (AvgIpc) is 2.80. The highest BCUT2D eigenvalue weighted by Gasteiger charge is 2.12. The summed E-state index contributed by atoms with van der Waals surface area (Å²) in [5.74, 6) is 0.880. The van der Waals surface area contributed by atoms with Gasteiger partial charge in [0.25, 0.3) is 0 Å². The molecule has 0 spiro atoms. The second-order valence-electron chi connectivity index (χ2n) is 4.42. The second kappa shape index (κ2) is 5.85. The van der Waals surface area contributed by atoms with Crippen LogP contribution in [0.2, 0.25) is 0 Å². The maximum atomic E-state index is 5.63. The fourth-order valence-corrected chi connectivity index (χ4v) is 2.06. The Balaban J connectivity index is 1.62. The molecule has 0 saturated carbocycles. The summed E-state index contributed by atoms with van der Waals surface area (Å²) in [7, 11) is 0. The number of nitrogens with zero attached hydrogens (tertiary/aromatic N) is 1. The summed E-state index contributed by atoms with van der Waals surface area (Å²) in [5.41, 5.74) is 1.03. The van der Waals surface area contributed by atoms with E-state index in [1.807, 2.05) is 19.1 Å². The van der Waals surface area contributed by atoms with Gasteiger partial charge in [-0.1, -0.05) is 0 Å². The van der Waals surface area contributed by atoms with E-state index < -0.39 is 0 Å². The molecule has 0 bridgehead atoms. The summed E-state index contributed by atoms with van der Waals surface area (Å²) in [5, 5.41) is 3.49. The Labute approximate surface area is 97.2 Å². The summed E-state index contributed by atoms with van der Waals surface area (Å²) in [4.78, 5) is 4.20. The van der Waals surface area contributed by atoms with Crippen LogP contribution in [0.4, 0.5) is 0 Å². The van der Waals surface area contributed by atoms with E-state index in [9.17, 15) is 0 Å². The zero-order valence-corrected chi connectivity index (χ0v) is 9.91. The molecular weight excluding hydrogens is 200 g/mol. The first-order valence-electron chi connectivity index (χ1n) is 6.13. The third kappa shape index (κ3) is 3.49. The van der Waals surface area contributed by atoms with Gasteiger partial charge < -0.3 is 10.1 Å². The van der Waals surface area contributed by atoms with Gasteiger partial charge in [-0.2, -0.15) is 0 Å². The lowest BCUT2D eigenvalue weighted by molar-refractivity contribution is 0.298. The molecule has 0 radical (unpaired) electrons. The molecule has 3 nitrogen and oxygen atoms in total. The lowest BCUT2D eigenvalue weighted by atomic mass is 10.1. The van der Waals surface area contributed by atoms with Crippen LogP contribution < -0.4 is 10.1 Å². The van der Waals surface area contributed by atoms with E-state index in [1.165, 1.54) is 25.8 Å². The van der Waals surface area contributed by atoms with Crippen LogP contribution in [0.15, 0.2) is 18.3 Å². The first-order chi connectivity index (χ1) is 7.84. The third-order valence-corrected chi connectivity index (χ3v) is 3.01. The number of rotatable bonds is 5. The SMILES string of the molecule is Cc1ccc(OCCCC2CCCN2)cn1. The van der Waals surface area contributed by atoms with Crippen LogP contribution in [0, 0.1) is 6.92 Å². The van der Waals surface area contributed by atoms with Gasteiger partial charge in [-0.3, -0.25) is 4.98 Å². The van der Waals surface area contributed by atoms with Crippen LogP contribution in [-0.2, 0) is 0 Å². The smallest absolute Gasteiger partial charge is 0.137 e. The molecule has 1 saturated heterocycles. The largest absolute Gasteiger partial charge is 0.492 e. The van der Waals surface area contributed by atoms with E-state index in [4.69, 9.17) is 4.74 Å². The molecule has 0 aromatic carbocycles. The lowest BCUT2D eigenvalue weighted by Crippen LogP contribution is -2.21. The van der Waals surface area contributed by atoms with Gasteiger partial charge in [0.05, 0.1) is 12.8 Å². The van der Waals surface area contributed by atoms with Crippen molar-refractivity contribution < 1.29 is 4.74 Å². The summed E-state index contributed by atoms with van der Waals surface area (Å²) in [6.45, 7) is 3.96. The van der Waals surface area contributed by atoms with Crippen LogP contribution in [0.5, 0.6) is 5.75 Å². The maximum Gasteiger partial charge on any atom is 0.137 e. The van der Waals surface area contributed by atoms with E-state index in [2.05, 4.69) is 10.3 Å². The number of hydrogen-bond acceptors (Lipinski definition) is 3. The van der Waals surface area contributed by atoms with Gasteiger partial charge in [0.15, 0.2) is 0 Å². The number of nitrogens with one attached hydrogen (secondary N) is 1. The fraction of sp³-hybridized carbons (Fsp3) is 0.615. The molecule has 1 aromatic heterocycles. The topological polar surface area (TPSA) is 34.1 Å². The Hall–Kier alpha value is -1.09. The molecule has 16 heavy (non-hydrogen) atoms. The molecule has 1 aliphatic heterocycles. The summed E-state index contributed by atoms with van der Waals surface area (Å²) in [6, 6.07) is 4.68. The van der Waals surface area contributed by atoms with Crippen LogP contribution >= 0.6 is 0 Å². The number of hydrogen-bond donors (Lipinski definition) is 1. The van der Waals surface area contributed by atoms with Gasteiger partial charge in [0, 0.05) is 11.7 Å². The minimum absolute atomic E-state index is 0.722. The first-order valence-corrected chi connectivity index (χ1v) is 6.13. The van der Waals surface area contributed by atoms with Crippen LogP contribution in [0.3, 0.4) is 0 Å². The van der Waals surface area contributed by atoms with E-state index in [-0.39, 0.29) is 0 Å². The zero-order valence-electron chi connectivity index (χ0n) is 9.91. The highest BCUT2D eigenvalue weighted by molar-refractivity contribution is 5.18. The summed E-state index contributed by atoms with van der Waals surface area (Å²) >= 11 is 0. The highest BCUT2D eigenvalue weighted by atomic mass is 16.5. The number of pyridine rings is 1. The van der Waals surface area contributed by atoms with Crippen LogP contribution in [-0.4, -0.2) is 24.2 Å². The molecule has 1 atom stereocenters. The van der Waals surface area contributed by atoms with Gasteiger partial charge in [-0.05, 0) is 51.3 Å². The van der Waals surface area contributed by atoms with E-state index in [1.54, 1.807) is 6.20 Å². The van der Waals surface area contributed by atoms with Gasteiger partial charge in [-0.15, -0.1) is 0 Å². The molecule has 0 amide bonds. The highest BCUT2D eigenvalue weighted by Crippen LogP contribution is 2.12. The third-order valence-electron chi connectivity index (χ3n) is 3.01. The fourth-order valence-electron chi connectivity index (χ4n) is 2.06. The van der Waals surface area contributed by atoms with E-state index >= 15 is 0 Å². The van der Waals surface area contributed by atoms with Crippen molar-refractivity contribution in [1.29, 1.82) is 0 Å². The van der Waals surface area contributed by atoms with Gasteiger partial charge in [0.2, 0.25) is 0 Å². The normalized spacial score (nSPS) is 19.9. The first kappa shape index (κ1) is 11.4. The van der Waals surface area contributed by atoms with Gasteiger partial charge in [0.1, 0.15) is 5.75 Å². The minimum Gasteiger partial charge on any atom is -0.492 e. The van der Waals surface area contributed by atoms with E-state index in [0.29, 0.717) is 0 Å². The summed E-state index contributed by atoms with van der Waals surface area (Å²) in [6.07, 6.45) is 6.79. The van der Waals surface area contributed by atoms with Crippen molar-refractivity contribution in [2.45, 2.75) is 38.6 Å². The predicted octanol–water partition coefficient (Wildman–Crippen LogP) is 2.30. The van der Waals surface area contributed by atoms with Crippen molar-refractivity contribution in [2.75, 3.05) is 13.2 Å². The Bertz CT molecular complexity index is 304. The molecule has 1 fully saturated rings. The molecule has 3 heteroatoms. The molecule has 2 rings (SSSR count). The van der Waals surface area contributed by atoms with Crippen LogP contribution in [0.1, 0.15) is 31.4 Å². The molecular formula is C13H20N2O. The standard InChI is InChI=1S/C13H20N2O/c1-11-6-7-13(10-15-11)16-9-3-5-12-4-2-8-14-12/h6-7,10,12,14H,2-5,8-9H2,1H3. The maximum absolute atomic E-state index is 5.63. The molecule has 1 aromatic rings. The van der Waals surface area contributed by atoms with Crippen molar-refractivity contribution in [3.05, 3.63) is 24.0 Å². The van der Waals surface area contributed by atoms with Crippen molar-refractivity contribution in [3.63, 3.8) is 0 Å². The van der Waals surface area contributed by atoms with Crippen LogP contribution in [0.25, 0.3) is 0 Å². The molecule has 2 heterocycles. The molecule has 1 unspecified atom stereocenters. The molecule has 1 aliphatic rings. The number of ether oxygens (including phenoxy) is 1. The van der Waals surface area contributed by atoms with Crippen molar-refractivity contribution in [3.8, 4) is 5.75 Å². The van der Waals surface area contributed by atoms with Gasteiger partial charge in [-0.25, -0.2) is 0 Å². The quantitative estimate of drug-likeness (QED) is 0.773. The Morgan fingerprint density at radius 2 is 2.44 bits per heavy atom. The zero-order chi connectivity index (χ0) is 11.2. The Morgan fingerprint density at radius 1 is 1.50 bits per heavy atom. The molecule has 1 N–H and O–H groups in total. The van der Waals surface area contributed by atoms with Crippen molar-refractivity contribution in [2.24, 2.45) is 0 Å². The van der Waals surface area contributed by atoms with Crippen molar-refractivity contribution in [1.82, 2.24) is 10.3 Å². The molecule has 88 valence electrons. The molecule has 0 aliphatic carbocycles. The monoisotopic (exact) mass is 220 g/mol. The number of aromatic nitrogens is 1. The summed E-state index contributed by atoms with van der Waals surface area (Å²) < 4.78 is 5.63. The Morgan fingerprint density at radius 3 is 3.12 bits per heavy atom. The predicted molar refractivity (Wildman–Crippen MR) is 64.7 cm³/mol. The number of aryl methyl sites for hydroxylation is 1. The average molecular weight is 220 g/mol. The van der Waals surface area contributed by atoms with Crippen molar-refractivity contribution >= 4 is 0 Å². The Kier molecular flexibility index (Phi) is 4.17. The van der Waals surface area contributed by atoms with E-state index in [0.717, 1.165) is 30.5 Å². The minimum atomic E-state index is 0.722. The second-order valence-corrected chi connectivity index (χ2v) is 4.42. The lowest BCUT2D eigenvalue weighted by Gasteiger charge is -2.10.